The third-order valence-corrected chi connectivity index (χ3v) is 3.75. The number of carbonyl (C=O) groups is 2. The summed E-state index contributed by atoms with van der Waals surface area (Å²) >= 11 is 3.06. The third-order valence-electron chi connectivity index (χ3n) is 3.12. The fourth-order valence-electron chi connectivity index (χ4n) is 2.11. The number of alkyl halides is 1. The van der Waals surface area contributed by atoms with Crippen LogP contribution in [0.1, 0.15) is 57.1 Å². The summed E-state index contributed by atoms with van der Waals surface area (Å²) in [6.45, 7) is 8.60. The fraction of sp³-hybridized carbons (Fsp3) is 0.500. The number of benzene rings is 1. The van der Waals surface area contributed by atoms with Gasteiger partial charge in [0.15, 0.2) is 5.78 Å². The van der Waals surface area contributed by atoms with Crippen LogP contribution in [0.3, 0.4) is 0 Å². The van der Waals surface area contributed by atoms with Gasteiger partial charge in [-0.25, -0.2) is 0 Å². The number of anilines is 1. The Morgan fingerprint density at radius 2 is 1.70 bits per heavy atom. The molecule has 1 rings (SSSR count). The van der Waals surface area contributed by atoms with E-state index in [1.807, 2.05) is 12.1 Å². The van der Waals surface area contributed by atoms with Crippen LogP contribution >= 0.6 is 15.9 Å². The van der Waals surface area contributed by atoms with Gasteiger partial charge in [-0.3, -0.25) is 9.59 Å². The van der Waals surface area contributed by atoms with Gasteiger partial charge in [-0.2, -0.15) is 0 Å². The SMILES string of the molecule is CC(C)c1ccc(NC(=O)CC(=O)CBr)cc1C(C)C. The molecule has 0 aliphatic rings. The number of ketones is 1. The van der Waals surface area contributed by atoms with Gasteiger partial charge < -0.3 is 5.32 Å². The Hall–Kier alpha value is -1.16. The van der Waals surface area contributed by atoms with Crippen molar-refractivity contribution in [2.75, 3.05) is 10.6 Å². The molecular weight excluding hydrogens is 318 g/mol. The third kappa shape index (κ3) is 4.75. The van der Waals surface area contributed by atoms with E-state index in [-0.39, 0.29) is 23.4 Å². The van der Waals surface area contributed by atoms with Crippen molar-refractivity contribution in [3.8, 4) is 0 Å². The summed E-state index contributed by atoms with van der Waals surface area (Å²) in [6, 6.07) is 5.97. The Kier molecular flexibility index (Phi) is 6.40. The molecule has 0 bridgehead atoms. The van der Waals surface area contributed by atoms with Crippen LogP contribution in [-0.2, 0) is 9.59 Å². The molecule has 20 heavy (non-hydrogen) atoms. The summed E-state index contributed by atoms with van der Waals surface area (Å²) < 4.78 is 0. The van der Waals surface area contributed by atoms with E-state index in [0.717, 1.165) is 5.69 Å². The van der Waals surface area contributed by atoms with Gasteiger partial charge in [-0.1, -0.05) is 49.7 Å². The summed E-state index contributed by atoms with van der Waals surface area (Å²) in [7, 11) is 0. The second-order valence-corrected chi connectivity index (χ2v) is 6.11. The molecule has 0 aromatic heterocycles. The topological polar surface area (TPSA) is 46.2 Å². The van der Waals surface area contributed by atoms with Crippen molar-refractivity contribution in [1.29, 1.82) is 0 Å². The number of rotatable bonds is 6. The zero-order valence-corrected chi connectivity index (χ0v) is 14.1. The second kappa shape index (κ2) is 7.58. The predicted molar refractivity (Wildman–Crippen MR) is 86.7 cm³/mol. The lowest BCUT2D eigenvalue weighted by molar-refractivity contribution is -0.123. The molecule has 4 heteroatoms. The van der Waals surface area contributed by atoms with Crippen LogP contribution in [0.15, 0.2) is 18.2 Å². The van der Waals surface area contributed by atoms with Crippen molar-refractivity contribution in [2.45, 2.75) is 46.0 Å². The molecule has 1 aromatic rings. The van der Waals surface area contributed by atoms with E-state index in [1.165, 1.54) is 11.1 Å². The molecule has 0 aliphatic carbocycles. The summed E-state index contributed by atoms with van der Waals surface area (Å²) in [6.07, 6.45) is -0.0891. The maximum absolute atomic E-state index is 11.7. The molecular formula is C16H22BrNO2. The Morgan fingerprint density at radius 1 is 1.10 bits per heavy atom. The molecule has 0 fully saturated rings. The molecule has 0 saturated heterocycles. The lowest BCUT2D eigenvalue weighted by Crippen LogP contribution is -2.17. The van der Waals surface area contributed by atoms with E-state index in [2.05, 4.69) is 55.0 Å². The molecule has 0 atom stereocenters. The number of hydrogen-bond donors (Lipinski definition) is 1. The molecule has 3 nitrogen and oxygen atoms in total. The zero-order chi connectivity index (χ0) is 15.3. The number of carbonyl (C=O) groups excluding carboxylic acids is 2. The van der Waals surface area contributed by atoms with E-state index in [4.69, 9.17) is 0 Å². The molecule has 110 valence electrons. The molecule has 1 aromatic carbocycles. The molecule has 0 spiro atoms. The maximum atomic E-state index is 11.7. The monoisotopic (exact) mass is 339 g/mol. The Morgan fingerprint density at radius 3 is 2.20 bits per heavy atom. The van der Waals surface area contributed by atoms with Crippen molar-refractivity contribution in [3.05, 3.63) is 29.3 Å². The van der Waals surface area contributed by atoms with Crippen LogP contribution in [-0.4, -0.2) is 17.0 Å². The highest BCUT2D eigenvalue weighted by atomic mass is 79.9. The van der Waals surface area contributed by atoms with Crippen LogP contribution < -0.4 is 5.32 Å². The first-order chi connectivity index (χ1) is 9.35. The standard InChI is InChI=1S/C16H22BrNO2/c1-10(2)14-6-5-12(7-15(14)11(3)4)18-16(20)8-13(19)9-17/h5-7,10-11H,8-9H2,1-4H3,(H,18,20). The normalized spacial score (nSPS) is 10.9. The van der Waals surface area contributed by atoms with E-state index in [0.29, 0.717) is 11.8 Å². The van der Waals surface area contributed by atoms with E-state index < -0.39 is 0 Å². The number of amides is 1. The average Bonchev–Trinajstić information content (AvgIpc) is 2.37. The quantitative estimate of drug-likeness (QED) is 0.622. The highest BCUT2D eigenvalue weighted by Gasteiger charge is 2.13. The minimum absolute atomic E-state index is 0.0891. The molecule has 0 unspecified atom stereocenters. The van der Waals surface area contributed by atoms with Crippen molar-refractivity contribution in [2.24, 2.45) is 0 Å². The number of Topliss-reactive ketones (excluding diaryl/α,β-unsaturated/α-hetero) is 1. The first-order valence-corrected chi connectivity index (χ1v) is 7.98. The molecule has 0 saturated carbocycles. The molecule has 1 N–H and O–H groups in total. The summed E-state index contributed by atoms with van der Waals surface area (Å²) in [5.41, 5.74) is 3.30. The van der Waals surface area contributed by atoms with Crippen molar-refractivity contribution in [1.82, 2.24) is 0 Å². The minimum Gasteiger partial charge on any atom is -0.326 e. The Bertz CT molecular complexity index is 495. The van der Waals surface area contributed by atoms with Crippen LogP contribution in [0.4, 0.5) is 5.69 Å². The van der Waals surface area contributed by atoms with Crippen molar-refractivity contribution < 1.29 is 9.59 Å². The first-order valence-electron chi connectivity index (χ1n) is 6.86. The summed E-state index contributed by atoms with van der Waals surface area (Å²) in [5, 5.41) is 3.00. The Balaban J connectivity index is 2.90. The van der Waals surface area contributed by atoms with Gasteiger partial charge in [0.1, 0.15) is 0 Å². The molecule has 0 aliphatic heterocycles. The molecule has 1 amide bonds. The summed E-state index contributed by atoms with van der Waals surface area (Å²) in [4.78, 5) is 23.0. The highest BCUT2D eigenvalue weighted by molar-refractivity contribution is 9.09. The zero-order valence-electron chi connectivity index (χ0n) is 12.5. The first kappa shape index (κ1) is 16.9. The van der Waals surface area contributed by atoms with Gasteiger partial charge in [-0.05, 0) is 35.1 Å². The lowest BCUT2D eigenvalue weighted by atomic mass is 9.90. The average molecular weight is 340 g/mol. The fourth-order valence-corrected chi connectivity index (χ4v) is 2.31. The number of hydrogen-bond acceptors (Lipinski definition) is 2. The molecule has 0 radical (unpaired) electrons. The van der Waals surface area contributed by atoms with Crippen molar-refractivity contribution >= 4 is 33.3 Å². The van der Waals surface area contributed by atoms with E-state index in [1.54, 1.807) is 0 Å². The van der Waals surface area contributed by atoms with Crippen LogP contribution in [0.25, 0.3) is 0 Å². The van der Waals surface area contributed by atoms with Gasteiger partial charge in [0.25, 0.3) is 0 Å². The predicted octanol–water partition coefficient (Wildman–Crippen LogP) is 4.23. The number of nitrogens with one attached hydrogen (secondary N) is 1. The lowest BCUT2D eigenvalue weighted by Gasteiger charge is -2.17. The second-order valence-electron chi connectivity index (χ2n) is 5.55. The van der Waals surface area contributed by atoms with E-state index >= 15 is 0 Å². The smallest absolute Gasteiger partial charge is 0.231 e. The highest BCUT2D eigenvalue weighted by Crippen LogP contribution is 2.28. The minimum atomic E-state index is -0.263. The van der Waals surface area contributed by atoms with Crippen molar-refractivity contribution in [3.63, 3.8) is 0 Å². The molecule has 0 heterocycles. The number of halogens is 1. The van der Waals surface area contributed by atoms with Crippen LogP contribution in [0.2, 0.25) is 0 Å². The van der Waals surface area contributed by atoms with E-state index in [9.17, 15) is 9.59 Å². The van der Waals surface area contributed by atoms with Gasteiger partial charge in [0.05, 0.1) is 11.8 Å². The summed E-state index contributed by atoms with van der Waals surface area (Å²) in [5.74, 6) is 0.465. The van der Waals surface area contributed by atoms with Crippen LogP contribution in [0, 0.1) is 0 Å². The maximum Gasteiger partial charge on any atom is 0.231 e. The van der Waals surface area contributed by atoms with Gasteiger partial charge in [0.2, 0.25) is 5.91 Å². The van der Waals surface area contributed by atoms with Crippen LogP contribution in [0.5, 0.6) is 0 Å². The van der Waals surface area contributed by atoms with Gasteiger partial charge in [0, 0.05) is 5.69 Å². The largest absolute Gasteiger partial charge is 0.326 e. The van der Waals surface area contributed by atoms with Gasteiger partial charge in [-0.15, -0.1) is 0 Å². The Labute approximate surface area is 129 Å². The van der Waals surface area contributed by atoms with Gasteiger partial charge >= 0.3 is 0 Å².